The lowest BCUT2D eigenvalue weighted by Gasteiger charge is -2.33. The average molecular weight is 270 g/mol. The van der Waals surface area contributed by atoms with Gasteiger partial charge in [0.05, 0.1) is 17.6 Å². The molecule has 0 radical (unpaired) electrons. The van der Waals surface area contributed by atoms with Crippen molar-refractivity contribution >= 4 is 11.9 Å². The molecule has 0 aliphatic carbocycles. The molecule has 0 amide bonds. The predicted octanol–water partition coefficient (Wildman–Crippen LogP) is 3.41. The number of ether oxygens (including phenoxy) is 1. The first-order chi connectivity index (χ1) is 8.72. The standard InChI is InChI=1S/C15H26O4/c1-7-15(9-10(3)4,14(18)19-8-2)12(11(5)6)13(16)17/h10H,7-9H2,1-6H3,(H,16,17). The van der Waals surface area contributed by atoms with Crippen molar-refractivity contribution in [1.82, 2.24) is 0 Å². The van der Waals surface area contributed by atoms with Gasteiger partial charge in [-0.05, 0) is 39.5 Å². The van der Waals surface area contributed by atoms with E-state index in [-0.39, 0.29) is 18.1 Å². The third-order valence-electron chi connectivity index (χ3n) is 3.22. The van der Waals surface area contributed by atoms with Crippen LogP contribution in [0.2, 0.25) is 0 Å². The molecule has 0 saturated heterocycles. The Morgan fingerprint density at radius 2 is 1.74 bits per heavy atom. The Hall–Kier alpha value is -1.32. The van der Waals surface area contributed by atoms with Crippen molar-refractivity contribution in [1.29, 1.82) is 0 Å². The zero-order valence-electron chi connectivity index (χ0n) is 12.9. The minimum absolute atomic E-state index is 0.183. The van der Waals surface area contributed by atoms with Gasteiger partial charge in [-0.1, -0.05) is 26.3 Å². The number of esters is 1. The summed E-state index contributed by atoms with van der Waals surface area (Å²) in [6, 6.07) is 0. The molecule has 1 atom stereocenters. The first kappa shape index (κ1) is 17.7. The fourth-order valence-electron chi connectivity index (χ4n) is 2.62. The van der Waals surface area contributed by atoms with Crippen LogP contribution >= 0.6 is 0 Å². The molecular weight excluding hydrogens is 244 g/mol. The summed E-state index contributed by atoms with van der Waals surface area (Å²) < 4.78 is 5.14. The van der Waals surface area contributed by atoms with Crippen molar-refractivity contribution in [3.8, 4) is 0 Å². The van der Waals surface area contributed by atoms with Gasteiger partial charge in [-0.25, -0.2) is 4.79 Å². The monoisotopic (exact) mass is 270 g/mol. The van der Waals surface area contributed by atoms with Crippen LogP contribution in [0.1, 0.15) is 54.4 Å². The topological polar surface area (TPSA) is 63.6 Å². The maximum absolute atomic E-state index is 12.4. The molecule has 0 aliphatic rings. The number of carbonyl (C=O) groups excluding carboxylic acids is 1. The first-order valence-corrected chi connectivity index (χ1v) is 6.81. The maximum Gasteiger partial charge on any atom is 0.332 e. The van der Waals surface area contributed by atoms with E-state index in [4.69, 9.17) is 4.74 Å². The van der Waals surface area contributed by atoms with Crippen LogP contribution in [0.25, 0.3) is 0 Å². The minimum atomic E-state index is -1.05. The van der Waals surface area contributed by atoms with E-state index in [0.29, 0.717) is 18.4 Å². The van der Waals surface area contributed by atoms with E-state index in [1.54, 1.807) is 20.8 Å². The third-order valence-corrected chi connectivity index (χ3v) is 3.22. The molecule has 4 heteroatoms. The van der Waals surface area contributed by atoms with Crippen LogP contribution in [0.4, 0.5) is 0 Å². The second-order valence-corrected chi connectivity index (χ2v) is 5.43. The Morgan fingerprint density at radius 3 is 2.00 bits per heavy atom. The van der Waals surface area contributed by atoms with Crippen LogP contribution < -0.4 is 0 Å². The van der Waals surface area contributed by atoms with E-state index >= 15 is 0 Å². The number of aliphatic carboxylic acids is 1. The van der Waals surface area contributed by atoms with Gasteiger partial charge in [0.1, 0.15) is 0 Å². The zero-order valence-corrected chi connectivity index (χ0v) is 12.9. The molecule has 0 heterocycles. The summed E-state index contributed by atoms with van der Waals surface area (Å²) in [5.41, 5.74) is -0.209. The van der Waals surface area contributed by atoms with E-state index in [9.17, 15) is 14.7 Å². The molecule has 0 aromatic carbocycles. The van der Waals surface area contributed by atoms with Gasteiger partial charge in [0.15, 0.2) is 0 Å². The Bertz CT molecular complexity index is 364. The number of hydrogen-bond donors (Lipinski definition) is 1. The van der Waals surface area contributed by atoms with Crippen molar-refractivity contribution < 1.29 is 19.4 Å². The molecule has 110 valence electrons. The predicted molar refractivity (Wildman–Crippen MR) is 74.8 cm³/mol. The highest BCUT2D eigenvalue weighted by Gasteiger charge is 2.45. The molecule has 1 unspecified atom stereocenters. The van der Waals surface area contributed by atoms with Gasteiger partial charge in [0.2, 0.25) is 0 Å². The molecule has 1 N–H and O–H groups in total. The van der Waals surface area contributed by atoms with Gasteiger partial charge < -0.3 is 9.84 Å². The summed E-state index contributed by atoms with van der Waals surface area (Å²) in [6.07, 6.45) is 0.909. The van der Waals surface area contributed by atoms with Crippen LogP contribution in [0.5, 0.6) is 0 Å². The van der Waals surface area contributed by atoms with Crippen molar-refractivity contribution in [2.45, 2.75) is 54.4 Å². The fraction of sp³-hybridized carbons (Fsp3) is 0.733. The number of carboxylic acids is 1. The van der Waals surface area contributed by atoms with E-state index in [1.807, 2.05) is 20.8 Å². The maximum atomic E-state index is 12.4. The third kappa shape index (κ3) is 4.08. The number of allylic oxidation sites excluding steroid dienone is 1. The van der Waals surface area contributed by atoms with Gasteiger partial charge >= 0.3 is 11.9 Å². The fourth-order valence-corrected chi connectivity index (χ4v) is 2.62. The number of rotatable bonds is 7. The highest BCUT2D eigenvalue weighted by Crippen LogP contribution is 2.41. The van der Waals surface area contributed by atoms with E-state index in [2.05, 4.69) is 0 Å². The van der Waals surface area contributed by atoms with Crippen molar-refractivity contribution in [3.05, 3.63) is 11.1 Å². The summed E-state index contributed by atoms with van der Waals surface area (Å²) in [4.78, 5) is 23.9. The Morgan fingerprint density at radius 1 is 1.21 bits per heavy atom. The molecule has 0 rings (SSSR count). The van der Waals surface area contributed by atoms with Crippen LogP contribution in [-0.4, -0.2) is 23.7 Å². The normalized spacial score (nSPS) is 13.8. The summed E-state index contributed by atoms with van der Waals surface area (Å²) in [5.74, 6) is -1.25. The Kier molecular flexibility index (Phi) is 6.81. The van der Waals surface area contributed by atoms with Crippen LogP contribution in [0.3, 0.4) is 0 Å². The van der Waals surface area contributed by atoms with Crippen molar-refractivity contribution in [3.63, 3.8) is 0 Å². The van der Waals surface area contributed by atoms with Crippen LogP contribution in [0.15, 0.2) is 11.1 Å². The summed E-state index contributed by atoms with van der Waals surface area (Å²) in [7, 11) is 0. The SMILES string of the molecule is CCOC(=O)C(CC)(CC(C)C)C(C(=O)O)=C(C)C. The summed E-state index contributed by atoms with van der Waals surface area (Å²) >= 11 is 0. The minimum Gasteiger partial charge on any atom is -0.478 e. The lowest BCUT2D eigenvalue weighted by atomic mass is 9.70. The quantitative estimate of drug-likeness (QED) is 0.568. The smallest absolute Gasteiger partial charge is 0.332 e. The molecule has 19 heavy (non-hydrogen) atoms. The lowest BCUT2D eigenvalue weighted by molar-refractivity contribution is -0.157. The summed E-state index contributed by atoms with van der Waals surface area (Å²) in [5, 5.41) is 9.47. The van der Waals surface area contributed by atoms with E-state index in [1.165, 1.54) is 0 Å². The lowest BCUT2D eigenvalue weighted by Crippen LogP contribution is -2.39. The molecule has 4 nitrogen and oxygen atoms in total. The molecule has 0 spiro atoms. The van der Waals surface area contributed by atoms with Gasteiger partial charge in [0.25, 0.3) is 0 Å². The van der Waals surface area contributed by atoms with Gasteiger partial charge in [-0.2, -0.15) is 0 Å². The highest BCUT2D eigenvalue weighted by molar-refractivity contribution is 5.97. The Balaban J connectivity index is 5.91. The van der Waals surface area contributed by atoms with E-state index < -0.39 is 17.4 Å². The van der Waals surface area contributed by atoms with Crippen LogP contribution in [-0.2, 0) is 14.3 Å². The van der Waals surface area contributed by atoms with Crippen LogP contribution in [0, 0.1) is 11.3 Å². The molecule has 0 fully saturated rings. The summed E-state index contributed by atoms with van der Waals surface area (Å²) in [6.45, 7) is 11.2. The van der Waals surface area contributed by atoms with E-state index in [0.717, 1.165) is 0 Å². The molecule has 0 saturated carbocycles. The number of carbonyl (C=O) groups is 2. The highest BCUT2D eigenvalue weighted by atomic mass is 16.5. The average Bonchev–Trinajstić information content (AvgIpc) is 2.26. The molecule has 0 aromatic rings. The van der Waals surface area contributed by atoms with Crippen molar-refractivity contribution in [2.75, 3.05) is 6.61 Å². The largest absolute Gasteiger partial charge is 0.478 e. The number of hydrogen-bond acceptors (Lipinski definition) is 3. The molecule has 0 bridgehead atoms. The zero-order chi connectivity index (χ0) is 15.2. The second-order valence-electron chi connectivity index (χ2n) is 5.43. The van der Waals surface area contributed by atoms with Gasteiger partial charge in [-0.3, -0.25) is 4.79 Å². The van der Waals surface area contributed by atoms with Crippen molar-refractivity contribution in [2.24, 2.45) is 11.3 Å². The molecular formula is C15H26O4. The first-order valence-electron chi connectivity index (χ1n) is 6.81. The van der Waals surface area contributed by atoms with Gasteiger partial charge in [0, 0.05) is 0 Å². The number of carboxylic acid groups (broad SMARTS) is 1. The second kappa shape index (κ2) is 7.31. The molecule has 0 aliphatic heterocycles. The van der Waals surface area contributed by atoms with Gasteiger partial charge in [-0.15, -0.1) is 0 Å². The Labute approximate surface area is 115 Å². The molecule has 0 aromatic heterocycles.